The summed E-state index contributed by atoms with van der Waals surface area (Å²) < 4.78 is 26.6. The highest BCUT2D eigenvalue weighted by atomic mass is 28.4. The first-order valence-electron chi connectivity index (χ1n) is 13.8. The summed E-state index contributed by atoms with van der Waals surface area (Å²) in [6.45, 7) is 14.8. The van der Waals surface area contributed by atoms with Crippen LogP contribution in [-0.4, -0.2) is 39.3 Å². The summed E-state index contributed by atoms with van der Waals surface area (Å²) >= 11 is 0. The van der Waals surface area contributed by atoms with Crippen LogP contribution in [-0.2, 0) is 31.9 Å². The molecule has 2 aromatic rings. The van der Waals surface area contributed by atoms with Crippen LogP contribution in [0.25, 0.3) is 0 Å². The molecule has 0 amide bonds. The van der Waals surface area contributed by atoms with Crippen molar-refractivity contribution >= 4 is 8.32 Å². The molecule has 0 unspecified atom stereocenters. The molecule has 0 aromatic heterocycles. The number of hydrogen-bond acceptors (Lipinski definition) is 4. The van der Waals surface area contributed by atoms with E-state index in [1.165, 1.54) is 0 Å². The first-order chi connectivity index (χ1) is 18.2. The molecular weight excluding hydrogens is 488 g/mol. The number of benzene rings is 2. The maximum absolute atomic E-state index is 6.94. The van der Waals surface area contributed by atoms with Crippen LogP contribution in [0.4, 0.5) is 0 Å². The Morgan fingerprint density at radius 1 is 0.842 bits per heavy atom. The smallest absolute Gasteiger partial charge is 0.192 e. The van der Waals surface area contributed by atoms with Crippen molar-refractivity contribution in [1.82, 2.24) is 0 Å². The Bertz CT molecular complexity index is 1030. The van der Waals surface area contributed by atoms with Crippen LogP contribution in [0.3, 0.4) is 0 Å². The van der Waals surface area contributed by atoms with E-state index in [4.69, 9.17) is 18.6 Å². The van der Waals surface area contributed by atoms with Crippen LogP contribution in [0.1, 0.15) is 58.1 Å². The minimum atomic E-state index is -2.02. The highest BCUT2D eigenvalue weighted by molar-refractivity contribution is 6.74. The van der Waals surface area contributed by atoms with Crippen molar-refractivity contribution in [3.63, 3.8) is 0 Å². The number of ether oxygens (including phenoxy) is 3. The summed E-state index contributed by atoms with van der Waals surface area (Å²) in [5.74, 6) is 6.33. The van der Waals surface area contributed by atoms with E-state index < -0.39 is 8.32 Å². The van der Waals surface area contributed by atoms with E-state index in [2.05, 4.69) is 82.1 Å². The predicted molar refractivity (Wildman–Crippen MR) is 158 cm³/mol. The first kappa shape index (κ1) is 30.3. The van der Waals surface area contributed by atoms with Gasteiger partial charge in [0.1, 0.15) is 6.10 Å². The van der Waals surface area contributed by atoms with E-state index >= 15 is 0 Å². The van der Waals surface area contributed by atoms with E-state index in [1.807, 2.05) is 43.3 Å². The molecule has 0 fully saturated rings. The van der Waals surface area contributed by atoms with Gasteiger partial charge in [0.25, 0.3) is 0 Å². The van der Waals surface area contributed by atoms with Crippen LogP contribution < -0.4 is 0 Å². The van der Waals surface area contributed by atoms with Crippen molar-refractivity contribution in [2.45, 2.75) is 103 Å². The minimum Gasteiger partial charge on any atom is -0.411 e. The van der Waals surface area contributed by atoms with E-state index in [0.717, 1.165) is 24.0 Å². The average Bonchev–Trinajstić information content (AvgIpc) is 2.96. The lowest BCUT2D eigenvalue weighted by atomic mass is 10.1. The normalized spacial score (nSPS) is 23.4. The van der Waals surface area contributed by atoms with Crippen LogP contribution in [0.5, 0.6) is 0 Å². The summed E-state index contributed by atoms with van der Waals surface area (Å²) in [6.07, 6.45) is 5.98. The zero-order valence-corrected chi connectivity index (χ0v) is 25.1. The average molecular weight is 535 g/mol. The van der Waals surface area contributed by atoms with Gasteiger partial charge in [-0.25, -0.2) is 0 Å². The highest BCUT2D eigenvalue weighted by Gasteiger charge is 2.41. The van der Waals surface area contributed by atoms with Gasteiger partial charge >= 0.3 is 0 Å². The zero-order valence-electron chi connectivity index (χ0n) is 24.1. The zero-order chi connectivity index (χ0) is 27.4. The van der Waals surface area contributed by atoms with Crippen molar-refractivity contribution in [2.24, 2.45) is 0 Å². The largest absolute Gasteiger partial charge is 0.411 e. The molecule has 1 aliphatic heterocycles. The SMILES string of the molecule is CC#CC[C@H]1O[C@@H](COCc2ccccc2)[C@H](OCc2ccccc2)C/C=C\C[C@@H]1O[Si](C)(C)C(C)(C)C. The minimum absolute atomic E-state index is 0.0718. The van der Waals surface area contributed by atoms with Gasteiger partial charge in [-0.15, -0.1) is 11.8 Å². The van der Waals surface area contributed by atoms with Gasteiger partial charge in [0.15, 0.2) is 8.32 Å². The Balaban J connectivity index is 1.83. The van der Waals surface area contributed by atoms with E-state index in [9.17, 15) is 0 Å². The maximum atomic E-state index is 6.94. The second-order valence-electron chi connectivity index (χ2n) is 11.5. The quantitative estimate of drug-likeness (QED) is 0.178. The van der Waals surface area contributed by atoms with E-state index in [-0.39, 0.29) is 29.5 Å². The molecule has 1 aliphatic rings. The molecule has 1 heterocycles. The van der Waals surface area contributed by atoms with Gasteiger partial charge in [0, 0.05) is 6.42 Å². The molecule has 206 valence electrons. The number of hydrogen-bond donors (Lipinski definition) is 0. The molecule has 0 saturated heterocycles. The number of rotatable bonds is 10. The Kier molecular flexibility index (Phi) is 11.8. The van der Waals surface area contributed by atoms with E-state index in [1.54, 1.807) is 0 Å². The third-order valence-corrected chi connectivity index (χ3v) is 12.0. The molecular formula is C33H46O4Si. The lowest BCUT2D eigenvalue weighted by molar-refractivity contribution is -0.151. The van der Waals surface area contributed by atoms with Gasteiger partial charge in [-0.1, -0.05) is 93.6 Å². The lowest BCUT2D eigenvalue weighted by Crippen LogP contribution is -2.49. The third kappa shape index (κ3) is 9.52. The Morgan fingerprint density at radius 2 is 1.42 bits per heavy atom. The second-order valence-corrected chi connectivity index (χ2v) is 16.3. The molecule has 0 saturated carbocycles. The molecule has 5 heteroatoms. The molecule has 0 spiro atoms. The van der Waals surface area contributed by atoms with Crippen molar-refractivity contribution in [1.29, 1.82) is 0 Å². The summed E-state index contributed by atoms with van der Waals surface area (Å²) in [5, 5.41) is 0.107. The lowest BCUT2D eigenvalue weighted by Gasteiger charge is -2.41. The molecule has 0 N–H and O–H groups in total. The Labute approximate surface area is 231 Å². The van der Waals surface area contributed by atoms with Gasteiger partial charge in [0.05, 0.1) is 38.1 Å². The van der Waals surface area contributed by atoms with Crippen LogP contribution in [0.2, 0.25) is 18.1 Å². The molecule has 4 atom stereocenters. The predicted octanol–water partition coefficient (Wildman–Crippen LogP) is 7.70. The van der Waals surface area contributed by atoms with Gasteiger partial charge in [-0.2, -0.15) is 0 Å². The van der Waals surface area contributed by atoms with Crippen molar-refractivity contribution in [2.75, 3.05) is 6.61 Å². The third-order valence-electron chi connectivity index (χ3n) is 7.52. The first-order valence-corrected chi connectivity index (χ1v) is 16.8. The van der Waals surface area contributed by atoms with Gasteiger partial charge in [-0.05, 0) is 49.0 Å². The maximum Gasteiger partial charge on any atom is 0.192 e. The topological polar surface area (TPSA) is 36.9 Å². The molecule has 0 aliphatic carbocycles. The van der Waals surface area contributed by atoms with E-state index in [0.29, 0.717) is 26.2 Å². The molecule has 4 nitrogen and oxygen atoms in total. The Hall–Kier alpha value is -2.20. The van der Waals surface area contributed by atoms with Gasteiger partial charge in [-0.3, -0.25) is 0 Å². The fourth-order valence-electron chi connectivity index (χ4n) is 4.19. The molecule has 0 radical (unpaired) electrons. The summed E-state index contributed by atoms with van der Waals surface area (Å²) in [4.78, 5) is 0. The fourth-order valence-corrected chi connectivity index (χ4v) is 5.55. The van der Waals surface area contributed by atoms with Crippen LogP contribution in [0.15, 0.2) is 72.8 Å². The summed E-state index contributed by atoms with van der Waals surface area (Å²) in [5.41, 5.74) is 2.29. The highest BCUT2D eigenvalue weighted by Crippen LogP contribution is 2.39. The fraction of sp³-hybridized carbons (Fsp3) is 0.515. The Morgan fingerprint density at radius 3 is 2.00 bits per heavy atom. The molecule has 0 bridgehead atoms. The summed E-state index contributed by atoms with van der Waals surface area (Å²) in [6, 6.07) is 20.6. The standard InChI is InChI=1S/C33H46O4Si/c1-7-8-21-30-31(37-38(5,6)33(2,3)4)23-16-15-22-29(35-25-28-19-13-10-14-20-28)32(36-30)26-34-24-27-17-11-9-12-18-27/h9-20,29-32H,21-26H2,1-6H3/b16-15-/t29-,30-,31+,32+/m1/s1. The van der Waals surface area contributed by atoms with Gasteiger partial charge < -0.3 is 18.6 Å². The van der Waals surface area contributed by atoms with Crippen molar-refractivity contribution in [3.8, 4) is 11.8 Å². The van der Waals surface area contributed by atoms with Crippen molar-refractivity contribution < 1.29 is 18.6 Å². The molecule has 3 rings (SSSR count). The summed E-state index contributed by atoms with van der Waals surface area (Å²) in [7, 11) is -2.02. The second kappa shape index (κ2) is 14.8. The molecule has 2 aromatic carbocycles. The van der Waals surface area contributed by atoms with Crippen molar-refractivity contribution in [3.05, 3.63) is 83.9 Å². The van der Waals surface area contributed by atoms with Gasteiger partial charge in [0.2, 0.25) is 0 Å². The van der Waals surface area contributed by atoms with Crippen LogP contribution >= 0.6 is 0 Å². The van der Waals surface area contributed by atoms with Crippen LogP contribution in [0, 0.1) is 11.8 Å². The monoisotopic (exact) mass is 534 g/mol. The molecule has 38 heavy (non-hydrogen) atoms.